The summed E-state index contributed by atoms with van der Waals surface area (Å²) in [5.41, 5.74) is -0.500. The predicted octanol–water partition coefficient (Wildman–Crippen LogP) is 3.23. The zero-order valence-electron chi connectivity index (χ0n) is 21.6. The van der Waals surface area contributed by atoms with Crippen molar-refractivity contribution in [3.8, 4) is 6.07 Å². The maximum atomic E-state index is 13.3. The molecular formula is C27H25ClF2N6O5. The van der Waals surface area contributed by atoms with Crippen LogP contribution in [0.5, 0.6) is 0 Å². The van der Waals surface area contributed by atoms with Crippen LogP contribution in [0.2, 0.25) is 5.02 Å². The Morgan fingerprint density at radius 1 is 1.10 bits per heavy atom. The molecule has 1 unspecified atom stereocenters. The Morgan fingerprint density at radius 2 is 1.83 bits per heavy atom. The van der Waals surface area contributed by atoms with Crippen LogP contribution in [0, 0.1) is 17.2 Å². The highest BCUT2D eigenvalue weighted by Gasteiger charge is 2.30. The number of alkyl halides is 2. The lowest BCUT2D eigenvalue weighted by Crippen LogP contribution is -2.51. The molecule has 1 atom stereocenters. The molecule has 0 spiro atoms. The van der Waals surface area contributed by atoms with E-state index in [1.54, 1.807) is 0 Å². The van der Waals surface area contributed by atoms with Crippen molar-refractivity contribution in [1.29, 1.82) is 5.26 Å². The fourth-order valence-electron chi connectivity index (χ4n) is 4.64. The second-order valence-corrected chi connectivity index (χ2v) is 10.3. The lowest BCUT2D eigenvalue weighted by atomic mass is 10.2. The van der Waals surface area contributed by atoms with Gasteiger partial charge in [-0.1, -0.05) is 11.6 Å². The molecule has 2 fully saturated rings. The molecule has 1 aliphatic heterocycles. The normalized spacial score (nSPS) is 17.0. The van der Waals surface area contributed by atoms with Crippen molar-refractivity contribution < 1.29 is 23.1 Å². The first kappa shape index (κ1) is 28.3. The van der Waals surface area contributed by atoms with E-state index in [2.05, 4.69) is 10.6 Å². The number of carbonyl (C=O) groups is 2. The third-order valence-electron chi connectivity index (χ3n) is 6.94. The first-order valence-corrected chi connectivity index (χ1v) is 13.3. The van der Waals surface area contributed by atoms with Gasteiger partial charge in [0.25, 0.3) is 17.9 Å². The van der Waals surface area contributed by atoms with E-state index in [1.165, 1.54) is 41.3 Å². The van der Waals surface area contributed by atoms with Gasteiger partial charge in [0.15, 0.2) is 6.10 Å². The van der Waals surface area contributed by atoms with Crippen LogP contribution in [0.3, 0.4) is 0 Å². The monoisotopic (exact) mass is 586 g/mol. The topological polar surface area (TPSA) is 138 Å². The lowest BCUT2D eigenvalue weighted by Gasteiger charge is -2.32. The second kappa shape index (κ2) is 11.7. The summed E-state index contributed by atoms with van der Waals surface area (Å²) in [6.07, 6.45) is -2.08. The molecule has 3 amide bonds. The van der Waals surface area contributed by atoms with E-state index >= 15 is 0 Å². The highest BCUT2D eigenvalue weighted by atomic mass is 35.5. The molecule has 3 aromatic rings. The molecule has 41 heavy (non-hydrogen) atoms. The summed E-state index contributed by atoms with van der Waals surface area (Å²) < 4.78 is 34.0. The SMILES string of the molecule is N#Cc1ccc(NC(=O)C2CN(C(=O)Nc3ccc4c(c3)c(=O)n(CC3CC3)c(=O)n4CC(F)F)CCO2)cc1Cl. The van der Waals surface area contributed by atoms with Crippen molar-refractivity contribution >= 4 is 45.8 Å². The van der Waals surface area contributed by atoms with E-state index in [0.29, 0.717) is 5.69 Å². The molecule has 1 saturated heterocycles. The fraction of sp³-hybridized carbons (Fsp3) is 0.370. The van der Waals surface area contributed by atoms with E-state index in [9.17, 15) is 28.0 Å². The van der Waals surface area contributed by atoms with E-state index in [1.807, 2.05) is 6.07 Å². The van der Waals surface area contributed by atoms with Crippen molar-refractivity contribution in [3.63, 3.8) is 0 Å². The largest absolute Gasteiger partial charge is 0.365 e. The molecule has 214 valence electrons. The van der Waals surface area contributed by atoms with Crippen LogP contribution in [0.4, 0.5) is 25.0 Å². The maximum Gasteiger partial charge on any atom is 0.331 e. The highest BCUT2D eigenvalue weighted by molar-refractivity contribution is 6.32. The van der Waals surface area contributed by atoms with Crippen LogP contribution in [0.1, 0.15) is 18.4 Å². The standard InChI is InChI=1S/C27H25ClF2N6O5/c28-20-10-18(4-3-16(20)11-31)32-24(37)22-13-34(7-8-41-22)26(39)33-17-5-6-21-19(9-17)25(38)36(12-15-1-2-15)27(40)35(21)14-23(29)30/h3-6,9-10,15,22-23H,1-2,7-8,12-14H2,(H,32,37)(H,33,39). The van der Waals surface area contributed by atoms with E-state index in [4.69, 9.17) is 21.6 Å². The summed E-state index contributed by atoms with van der Waals surface area (Å²) in [4.78, 5) is 53.2. The van der Waals surface area contributed by atoms with Gasteiger partial charge in [0, 0.05) is 24.5 Å². The molecular weight excluding hydrogens is 562 g/mol. The third kappa shape index (κ3) is 6.23. The van der Waals surface area contributed by atoms with Crippen LogP contribution in [-0.2, 0) is 22.6 Å². The number of halogens is 3. The van der Waals surface area contributed by atoms with Crippen LogP contribution < -0.4 is 21.9 Å². The molecule has 14 heteroatoms. The summed E-state index contributed by atoms with van der Waals surface area (Å²) >= 11 is 6.02. The number of rotatable bonds is 7. The summed E-state index contributed by atoms with van der Waals surface area (Å²) in [7, 11) is 0. The number of morpholine rings is 1. The minimum absolute atomic E-state index is 0.0315. The number of amides is 3. The smallest absolute Gasteiger partial charge is 0.331 e. The number of benzene rings is 2. The average Bonchev–Trinajstić information content (AvgIpc) is 3.78. The Hall–Kier alpha value is -4.28. The van der Waals surface area contributed by atoms with Gasteiger partial charge in [-0.05, 0) is 55.2 Å². The van der Waals surface area contributed by atoms with Gasteiger partial charge in [-0.3, -0.25) is 18.7 Å². The summed E-state index contributed by atoms with van der Waals surface area (Å²) in [6.45, 7) is -0.508. The maximum absolute atomic E-state index is 13.3. The molecule has 2 heterocycles. The number of fused-ring (bicyclic) bond motifs is 1. The predicted molar refractivity (Wildman–Crippen MR) is 146 cm³/mol. The molecule has 2 aliphatic rings. The van der Waals surface area contributed by atoms with Gasteiger partial charge in [0.1, 0.15) is 6.07 Å². The number of nitriles is 1. The third-order valence-corrected chi connectivity index (χ3v) is 7.25. The quantitative estimate of drug-likeness (QED) is 0.436. The Kier molecular flexibility index (Phi) is 8.05. The molecule has 0 radical (unpaired) electrons. The molecule has 1 saturated carbocycles. The minimum Gasteiger partial charge on any atom is -0.365 e. The van der Waals surface area contributed by atoms with Crippen LogP contribution >= 0.6 is 11.6 Å². The van der Waals surface area contributed by atoms with Gasteiger partial charge < -0.3 is 20.3 Å². The number of carbonyl (C=O) groups excluding carboxylic acids is 2. The van der Waals surface area contributed by atoms with Crippen molar-refractivity contribution in [2.75, 3.05) is 30.3 Å². The van der Waals surface area contributed by atoms with Crippen LogP contribution in [-0.4, -0.2) is 58.2 Å². The lowest BCUT2D eigenvalue weighted by molar-refractivity contribution is -0.131. The van der Waals surface area contributed by atoms with Crippen molar-refractivity contribution in [2.24, 2.45) is 5.92 Å². The van der Waals surface area contributed by atoms with Crippen molar-refractivity contribution in [3.05, 3.63) is 67.8 Å². The zero-order chi connectivity index (χ0) is 29.3. The van der Waals surface area contributed by atoms with E-state index < -0.39 is 42.3 Å². The number of hydrogen-bond donors (Lipinski definition) is 2. The highest BCUT2D eigenvalue weighted by Crippen LogP contribution is 2.30. The van der Waals surface area contributed by atoms with E-state index in [0.717, 1.165) is 22.0 Å². The number of urea groups is 1. The van der Waals surface area contributed by atoms with Gasteiger partial charge in [0.2, 0.25) is 0 Å². The summed E-state index contributed by atoms with van der Waals surface area (Å²) in [5.74, 6) is -0.358. The molecule has 0 bridgehead atoms. The van der Waals surface area contributed by atoms with E-state index in [-0.39, 0.29) is 59.3 Å². The van der Waals surface area contributed by atoms with Gasteiger partial charge in [-0.25, -0.2) is 18.4 Å². The fourth-order valence-corrected chi connectivity index (χ4v) is 4.86. The van der Waals surface area contributed by atoms with Gasteiger partial charge in [-0.2, -0.15) is 5.26 Å². The van der Waals surface area contributed by atoms with Gasteiger partial charge in [-0.15, -0.1) is 0 Å². The number of hydrogen-bond acceptors (Lipinski definition) is 6. The number of aromatic nitrogens is 2. The minimum atomic E-state index is -2.80. The van der Waals surface area contributed by atoms with Crippen molar-refractivity contribution in [2.45, 2.75) is 38.5 Å². The zero-order valence-corrected chi connectivity index (χ0v) is 22.4. The number of ether oxygens (including phenoxy) is 1. The second-order valence-electron chi connectivity index (χ2n) is 9.91. The van der Waals surface area contributed by atoms with Crippen LogP contribution in [0.15, 0.2) is 46.0 Å². The Labute approximate surface area is 236 Å². The molecule has 5 rings (SSSR count). The summed E-state index contributed by atoms with van der Waals surface area (Å²) in [5, 5.41) is 14.5. The Bertz CT molecular complexity index is 1680. The van der Waals surface area contributed by atoms with Gasteiger partial charge in [0.05, 0.1) is 41.2 Å². The Morgan fingerprint density at radius 3 is 2.51 bits per heavy atom. The number of anilines is 2. The molecule has 1 aromatic heterocycles. The number of nitrogens with zero attached hydrogens (tertiary/aromatic N) is 4. The Balaban J connectivity index is 1.32. The average molecular weight is 587 g/mol. The summed E-state index contributed by atoms with van der Waals surface area (Å²) in [6, 6.07) is 9.93. The van der Waals surface area contributed by atoms with Gasteiger partial charge >= 0.3 is 11.7 Å². The van der Waals surface area contributed by atoms with Crippen LogP contribution in [0.25, 0.3) is 10.9 Å². The number of nitrogens with one attached hydrogen (secondary N) is 2. The van der Waals surface area contributed by atoms with Crippen molar-refractivity contribution in [1.82, 2.24) is 14.0 Å². The molecule has 11 nitrogen and oxygen atoms in total. The molecule has 2 N–H and O–H groups in total. The molecule has 1 aliphatic carbocycles. The first-order chi connectivity index (χ1) is 19.6. The molecule has 2 aromatic carbocycles. The first-order valence-electron chi connectivity index (χ1n) is 12.9.